The van der Waals surface area contributed by atoms with Gasteiger partial charge in [0.1, 0.15) is 0 Å². The molecule has 0 aromatic heterocycles. The fourth-order valence-electron chi connectivity index (χ4n) is 2.27. The van der Waals surface area contributed by atoms with Gasteiger partial charge < -0.3 is 16.2 Å². The van der Waals surface area contributed by atoms with Gasteiger partial charge in [0.25, 0.3) is 5.91 Å². The number of hydrogen-bond acceptors (Lipinski definition) is 3. The molecule has 0 aliphatic heterocycles. The summed E-state index contributed by atoms with van der Waals surface area (Å²) < 4.78 is 0. The van der Waals surface area contributed by atoms with Gasteiger partial charge in [0.15, 0.2) is 0 Å². The van der Waals surface area contributed by atoms with Crippen LogP contribution in [0.25, 0.3) is 0 Å². The van der Waals surface area contributed by atoms with Gasteiger partial charge in [-0.25, -0.2) is 0 Å². The van der Waals surface area contributed by atoms with Gasteiger partial charge in [-0.15, -0.1) is 0 Å². The Kier molecular flexibility index (Phi) is 5.49. The van der Waals surface area contributed by atoms with Crippen LogP contribution in [-0.2, 0) is 6.42 Å². The molecule has 0 spiro atoms. The third-order valence-electron chi connectivity index (χ3n) is 3.37. The van der Waals surface area contributed by atoms with Crippen molar-refractivity contribution in [1.82, 2.24) is 5.32 Å². The number of amides is 1. The number of rotatable bonds is 6. The summed E-state index contributed by atoms with van der Waals surface area (Å²) in [7, 11) is 0. The van der Waals surface area contributed by atoms with Crippen molar-refractivity contribution in [3.05, 3.63) is 71.3 Å². The van der Waals surface area contributed by atoms with Crippen molar-refractivity contribution in [1.29, 1.82) is 0 Å². The second-order valence-electron chi connectivity index (χ2n) is 4.82. The number of nitrogens with one attached hydrogen (secondary N) is 1. The molecule has 2 aromatic rings. The van der Waals surface area contributed by atoms with E-state index in [1.165, 1.54) is 0 Å². The Balaban J connectivity index is 2.17. The summed E-state index contributed by atoms with van der Waals surface area (Å²) in [5.41, 5.74) is 7.98. The molecule has 2 aromatic carbocycles. The fourth-order valence-corrected chi connectivity index (χ4v) is 2.27. The van der Waals surface area contributed by atoms with Crippen LogP contribution in [0.3, 0.4) is 0 Å². The van der Waals surface area contributed by atoms with Crippen LogP contribution in [-0.4, -0.2) is 24.2 Å². The van der Waals surface area contributed by atoms with Crippen LogP contribution >= 0.6 is 0 Å². The third kappa shape index (κ3) is 3.90. The van der Waals surface area contributed by atoms with E-state index in [0.29, 0.717) is 18.5 Å². The van der Waals surface area contributed by atoms with Gasteiger partial charge in [0.05, 0.1) is 12.6 Å². The van der Waals surface area contributed by atoms with Crippen molar-refractivity contribution >= 4 is 5.91 Å². The van der Waals surface area contributed by atoms with E-state index in [1.54, 1.807) is 6.07 Å². The van der Waals surface area contributed by atoms with Crippen LogP contribution in [0.5, 0.6) is 0 Å². The lowest BCUT2D eigenvalue weighted by Crippen LogP contribution is -2.31. The highest BCUT2D eigenvalue weighted by Gasteiger charge is 2.16. The largest absolute Gasteiger partial charge is 0.394 e. The summed E-state index contributed by atoms with van der Waals surface area (Å²) in [6, 6.07) is 16.4. The zero-order chi connectivity index (χ0) is 15.1. The van der Waals surface area contributed by atoms with Crippen LogP contribution in [0.1, 0.15) is 27.5 Å². The monoisotopic (exact) mass is 284 g/mol. The molecular formula is C17H20N2O2. The SMILES string of the molecule is NCCc1ccccc1C(=O)NC(CO)c1ccccc1. The van der Waals surface area contributed by atoms with Gasteiger partial charge in [0, 0.05) is 5.56 Å². The van der Waals surface area contributed by atoms with Gasteiger partial charge in [-0.2, -0.15) is 0 Å². The minimum Gasteiger partial charge on any atom is -0.394 e. The van der Waals surface area contributed by atoms with Crippen molar-refractivity contribution in [3.63, 3.8) is 0 Å². The number of carbonyl (C=O) groups is 1. The number of hydrogen-bond donors (Lipinski definition) is 3. The highest BCUT2D eigenvalue weighted by molar-refractivity contribution is 5.96. The molecule has 21 heavy (non-hydrogen) atoms. The van der Waals surface area contributed by atoms with E-state index < -0.39 is 6.04 Å². The second-order valence-corrected chi connectivity index (χ2v) is 4.82. The fraction of sp³-hybridized carbons (Fsp3) is 0.235. The van der Waals surface area contributed by atoms with E-state index in [9.17, 15) is 9.90 Å². The maximum atomic E-state index is 12.4. The molecule has 0 radical (unpaired) electrons. The van der Waals surface area contributed by atoms with E-state index in [0.717, 1.165) is 11.1 Å². The molecule has 4 heteroatoms. The molecule has 0 bridgehead atoms. The molecule has 0 heterocycles. The minimum absolute atomic E-state index is 0.144. The Morgan fingerprint density at radius 2 is 1.76 bits per heavy atom. The summed E-state index contributed by atoms with van der Waals surface area (Å²) in [4.78, 5) is 12.4. The molecule has 0 saturated heterocycles. The number of aliphatic hydroxyl groups is 1. The van der Waals surface area contributed by atoms with Crippen molar-refractivity contribution in [2.75, 3.05) is 13.2 Å². The number of aliphatic hydroxyl groups excluding tert-OH is 1. The minimum atomic E-state index is -0.412. The summed E-state index contributed by atoms with van der Waals surface area (Å²) in [6.45, 7) is 0.348. The zero-order valence-electron chi connectivity index (χ0n) is 11.8. The topological polar surface area (TPSA) is 75.4 Å². The molecular weight excluding hydrogens is 264 g/mol. The molecule has 0 saturated carbocycles. The Morgan fingerprint density at radius 1 is 1.10 bits per heavy atom. The Hall–Kier alpha value is -2.17. The van der Waals surface area contributed by atoms with Gasteiger partial charge in [-0.1, -0.05) is 48.5 Å². The Bertz CT molecular complexity index is 584. The molecule has 2 rings (SSSR count). The van der Waals surface area contributed by atoms with Crippen molar-refractivity contribution < 1.29 is 9.90 Å². The summed E-state index contributed by atoms with van der Waals surface area (Å²) in [5, 5.41) is 12.4. The second kappa shape index (κ2) is 7.57. The number of carbonyl (C=O) groups excluding carboxylic acids is 1. The van der Waals surface area contributed by atoms with Crippen LogP contribution in [0, 0.1) is 0 Å². The van der Waals surface area contributed by atoms with Gasteiger partial charge in [-0.3, -0.25) is 4.79 Å². The lowest BCUT2D eigenvalue weighted by Gasteiger charge is -2.18. The first-order valence-corrected chi connectivity index (χ1v) is 7.01. The molecule has 0 aliphatic rings. The lowest BCUT2D eigenvalue weighted by atomic mass is 10.0. The zero-order valence-corrected chi connectivity index (χ0v) is 11.8. The Morgan fingerprint density at radius 3 is 2.43 bits per heavy atom. The summed E-state index contributed by atoms with van der Waals surface area (Å²) in [6.07, 6.45) is 0.652. The first-order valence-electron chi connectivity index (χ1n) is 7.01. The van der Waals surface area contributed by atoms with Gasteiger partial charge >= 0.3 is 0 Å². The molecule has 1 amide bonds. The quantitative estimate of drug-likeness (QED) is 0.755. The van der Waals surface area contributed by atoms with E-state index in [2.05, 4.69) is 5.32 Å². The maximum absolute atomic E-state index is 12.4. The van der Waals surface area contributed by atoms with E-state index in [4.69, 9.17) is 5.73 Å². The van der Waals surface area contributed by atoms with Crippen molar-refractivity contribution in [2.24, 2.45) is 5.73 Å². The average Bonchev–Trinajstić information content (AvgIpc) is 2.54. The molecule has 1 unspecified atom stereocenters. The standard InChI is InChI=1S/C17H20N2O2/c18-11-10-13-6-4-5-9-15(13)17(21)19-16(12-20)14-7-2-1-3-8-14/h1-9,16,20H,10-12,18H2,(H,19,21). The molecule has 0 fully saturated rings. The Labute approximate surface area is 124 Å². The summed E-state index contributed by atoms with van der Waals surface area (Å²) >= 11 is 0. The molecule has 1 atom stereocenters. The predicted molar refractivity (Wildman–Crippen MR) is 82.9 cm³/mol. The average molecular weight is 284 g/mol. The molecule has 4 N–H and O–H groups in total. The first-order chi connectivity index (χ1) is 10.3. The number of nitrogens with two attached hydrogens (primary N) is 1. The van der Waals surface area contributed by atoms with Crippen LogP contribution in [0.15, 0.2) is 54.6 Å². The highest BCUT2D eigenvalue weighted by atomic mass is 16.3. The number of benzene rings is 2. The molecule has 4 nitrogen and oxygen atoms in total. The van der Waals surface area contributed by atoms with E-state index in [-0.39, 0.29) is 12.5 Å². The third-order valence-corrected chi connectivity index (χ3v) is 3.37. The summed E-state index contributed by atoms with van der Waals surface area (Å²) in [5.74, 6) is -0.193. The van der Waals surface area contributed by atoms with E-state index >= 15 is 0 Å². The smallest absolute Gasteiger partial charge is 0.252 e. The molecule has 110 valence electrons. The molecule has 0 aliphatic carbocycles. The highest BCUT2D eigenvalue weighted by Crippen LogP contribution is 2.15. The van der Waals surface area contributed by atoms with E-state index in [1.807, 2.05) is 48.5 Å². The first kappa shape index (κ1) is 15.2. The van der Waals surface area contributed by atoms with Crippen LogP contribution in [0.2, 0.25) is 0 Å². The van der Waals surface area contributed by atoms with Crippen molar-refractivity contribution in [3.8, 4) is 0 Å². The van der Waals surface area contributed by atoms with Crippen LogP contribution in [0.4, 0.5) is 0 Å². The normalized spacial score (nSPS) is 11.9. The van der Waals surface area contributed by atoms with Gasteiger partial charge in [0.2, 0.25) is 0 Å². The maximum Gasteiger partial charge on any atom is 0.252 e. The predicted octanol–water partition coefficient (Wildman–Crippen LogP) is 1.65. The van der Waals surface area contributed by atoms with Crippen LogP contribution < -0.4 is 11.1 Å². The van der Waals surface area contributed by atoms with Crippen molar-refractivity contribution in [2.45, 2.75) is 12.5 Å². The van der Waals surface area contributed by atoms with Gasteiger partial charge in [-0.05, 0) is 30.2 Å². The lowest BCUT2D eigenvalue weighted by molar-refractivity contribution is 0.0915.